The molecule has 0 unspecified atom stereocenters. The average Bonchev–Trinajstić information content (AvgIpc) is 2.33. The van der Waals surface area contributed by atoms with E-state index in [1.165, 1.54) is 0 Å². The van der Waals surface area contributed by atoms with Crippen LogP contribution in [0.2, 0.25) is 10.0 Å². The summed E-state index contributed by atoms with van der Waals surface area (Å²) < 4.78 is 5.55. The van der Waals surface area contributed by atoms with Crippen molar-refractivity contribution in [3.05, 3.63) is 28.2 Å². The fourth-order valence-electron chi connectivity index (χ4n) is 1.36. The van der Waals surface area contributed by atoms with Crippen molar-refractivity contribution in [2.45, 2.75) is 25.3 Å². The molecule has 0 heterocycles. The molecule has 0 aliphatic heterocycles. The predicted molar refractivity (Wildman–Crippen MR) is 84.9 cm³/mol. The molecule has 0 fully saturated rings. The van der Waals surface area contributed by atoms with Crippen molar-refractivity contribution in [1.29, 1.82) is 0 Å². The van der Waals surface area contributed by atoms with Gasteiger partial charge in [-0.25, -0.2) is 0 Å². The Hall–Kier alpha value is 0.200. The lowest BCUT2D eigenvalue weighted by Crippen LogP contribution is -2.21. The molecule has 1 atom stereocenters. The van der Waals surface area contributed by atoms with Crippen molar-refractivity contribution in [2.24, 2.45) is 5.73 Å². The Labute approximate surface area is 130 Å². The summed E-state index contributed by atoms with van der Waals surface area (Å²) in [5.74, 6) is 1.48. The van der Waals surface area contributed by atoms with Crippen molar-refractivity contribution in [3.8, 4) is 5.75 Å². The number of halogens is 3. The summed E-state index contributed by atoms with van der Waals surface area (Å²) in [5.41, 5.74) is 5.75. The molecule has 1 aromatic carbocycles. The van der Waals surface area contributed by atoms with Gasteiger partial charge >= 0.3 is 0 Å². The molecule has 0 spiro atoms. The molecule has 0 saturated carbocycles. The largest absolute Gasteiger partial charge is 0.494 e. The van der Waals surface area contributed by atoms with Crippen LogP contribution in [-0.4, -0.2) is 18.4 Å². The average molecular weight is 331 g/mol. The lowest BCUT2D eigenvalue weighted by Gasteiger charge is -2.09. The standard InChI is InChI=1S/C12H17Cl2NOS.ClH/c13-11-5-4-10(7-12(11)14)16-6-2-1-3-9(15)8-17;/h4-5,7,9,17H,1-3,6,8,15H2;1H/t9-;/m0./s1. The first-order valence-corrected chi connectivity index (χ1v) is 6.96. The second kappa shape index (κ2) is 10.0. The van der Waals surface area contributed by atoms with Crippen LogP contribution in [0.15, 0.2) is 18.2 Å². The Morgan fingerprint density at radius 1 is 1.22 bits per heavy atom. The Morgan fingerprint density at radius 2 is 1.94 bits per heavy atom. The van der Waals surface area contributed by atoms with Crippen molar-refractivity contribution < 1.29 is 4.74 Å². The van der Waals surface area contributed by atoms with Gasteiger partial charge in [0.1, 0.15) is 5.75 Å². The van der Waals surface area contributed by atoms with Crippen LogP contribution in [0.3, 0.4) is 0 Å². The molecular formula is C12H18Cl3NOS. The molecule has 0 bridgehead atoms. The zero-order valence-electron chi connectivity index (χ0n) is 9.94. The number of ether oxygens (including phenoxy) is 1. The lowest BCUT2D eigenvalue weighted by atomic mass is 10.1. The third-order valence-electron chi connectivity index (χ3n) is 2.36. The summed E-state index contributed by atoms with van der Waals surface area (Å²) in [5, 5.41) is 1.06. The predicted octanol–water partition coefficient (Wildman–Crippen LogP) is 4.22. The number of thiol groups is 1. The molecule has 2 N–H and O–H groups in total. The highest BCUT2D eigenvalue weighted by molar-refractivity contribution is 7.80. The molecular weight excluding hydrogens is 313 g/mol. The number of hydrogen-bond donors (Lipinski definition) is 2. The van der Waals surface area contributed by atoms with Crippen LogP contribution in [0.4, 0.5) is 0 Å². The topological polar surface area (TPSA) is 35.2 Å². The van der Waals surface area contributed by atoms with E-state index in [1.807, 2.05) is 6.07 Å². The van der Waals surface area contributed by atoms with E-state index in [4.69, 9.17) is 33.7 Å². The van der Waals surface area contributed by atoms with E-state index in [1.54, 1.807) is 12.1 Å². The van der Waals surface area contributed by atoms with Gasteiger partial charge in [-0.05, 0) is 31.4 Å². The third kappa shape index (κ3) is 6.95. The molecule has 0 saturated heterocycles. The zero-order chi connectivity index (χ0) is 12.7. The third-order valence-corrected chi connectivity index (χ3v) is 3.57. The van der Waals surface area contributed by atoms with Crippen LogP contribution in [0, 0.1) is 0 Å². The van der Waals surface area contributed by atoms with E-state index in [0.29, 0.717) is 16.7 Å². The number of nitrogens with two attached hydrogens (primary N) is 1. The Morgan fingerprint density at radius 3 is 2.56 bits per heavy atom. The van der Waals surface area contributed by atoms with E-state index in [2.05, 4.69) is 12.6 Å². The maximum Gasteiger partial charge on any atom is 0.120 e. The Balaban J connectivity index is 0.00000289. The van der Waals surface area contributed by atoms with Gasteiger partial charge < -0.3 is 10.5 Å². The van der Waals surface area contributed by atoms with E-state index < -0.39 is 0 Å². The monoisotopic (exact) mass is 329 g/mol. The van der Waals surface area contributed by atoms with Crippen LogP contribution in [0.1, 0.15) is 19.3 Å². The van der Waals surface area contributed by atoms with Gasteiger partial charge in [-0.15, -0.1) is 12.4 Å². The van der Waals surface area contributed by atoms with Crippen LogP contribution in [0.25, 0.3) is 0 Å². The normalized spacial score (nSPS) is 11.8. The Kier molecular flexibility index (Phi) is 10.2. The fraction of sp³-hybridized carbons (Fsp3) is 0.500. The highest BCUT2D eigenvalue weighted by Crippen LogP contribution is 2.26. The van der Waals surface area contributed by atoms with Gasteiger partial charge in [-0.2, -0.15) is 12.6 Å². The number of hydrogen-bond acceptors (Lipinski definition) is 3. The maximum absolute atomic E-state index is 5.88. The van der Waals surface area contributed by atoms with Crippen molar-refractivity contribution in [2.75, 3.05) is 12.4 Å². The summed E-state index contributed by atoms with van der Waals surface area (Å²) in [6, 6.07) is 5.45. The molecule has 0 radical (unpaired) electrons. The van der Waals surface area contributed by atoms with Crippen LogP contribution < -0.4 is 10.5 Å². The minimum absolute atomic E-state index is 0. The second-order valence-electron chi connectivity index (χ2n) is 3.86. The van der Waals surface area contributed by atoms with E-state index in [0.717, 1.165) is 30.8 Å². The molecule has 0 aliphatic carbocycles. The zero-order valence-corrected chi connectivity index (χ0v) is 13.2. The molecule has 0 aliphatic rings. The van der Waals surface area contributed by atoms with Crippen molar-refractivity contribution in [1.82, 2.24) is 0 Å². The van der Waals surface area contributed by atoms with Crippen LogP contribution in [0.5, 0.6) is 5.75 Å². The SMILES string of the molecule is Cl.N[C@H](CS)CCCCOc1ccc(Cl)c(Cl)c1. The highest BCUT2D eigenvalue weighted by atomic mass is 35.5. The molecule has 1 rings (SSSR count). The molecule has 6 heteroatoms. The van der Waals surface area contributed by atoms with Crippen LogP contribution in [-0.2, 0) is 0 Å². The highest BCUT2D eigenvalue weighted by Gasteiger charge is 2.01. The van der Waals surface area contributed by atoms with Gasteiger partial charge in [0.05, 0.1) is 16.7 Å². The lowest BCUT2D eigenvalue weighted by molar-refractivity contribution is 0.304. The summed E-state index contributed by atoms with van der Waals surface area (Å²) in [6.45, 7) is 0.664. The molecule has 0 amide bonds. The molecule has 104 valence electrons. The minimum Gasteiger partial charge on any atom is -0.494 e. The van der Waals surface area contributed by atoms with Crippen LogP contribution >= 0.6 is 48.2 Å². The first-order valence-electron chi connectivity index (χ1n) is 5.57. The smallest absolute Gasteiger partial charge is 0.120 e. The fourth-order valence-corrected chi connectivity index (χ4v) is 1.83. The summed E-state index contributed by atoms with van der Waals surface area (Å²) in [7, 11) is 0. The van der Waals surface area contributed by atoms with Gasteiger partial charge in [0, 0.05) is 17.9 Å². The van der Waals surface area contributed by atoms with Gasteiger partial charge in [0.25, 0.3) is 0 Å². The van der Waals surface area contributed by atoms with Gasteiger partial charge in [0.2, 0.25) is 0 Å². The van der Waals surface area contributed by atoms with Gasteiger partial charge in [-0.1, -0.05) is 23.2 Å². The molecule has 2 nitrogen and oxygen atoms in total. The second-order valence-corrected chi connectivity index (χ2v) is 5.04. The first kappa shape index (κ1) is 18.2. The molecule has 1 aromatic rings. The number of unbranched alkanes of at least 4 members (excludes halogenated alkanes) is 1. The quantitative estimate of drug-likeness (QED) is 0.580. The van der Waals surface area contributed by atoms with E-state index in [-0.39, 0.29) is 18.4 Å². The molecule has 18 heavy (non-hydrogen) atoms. The summed E-state index contributed by atoms with van der Waals surface area (Å²) in [6.07, 6.45) is 3.00. The summed E-state index contributed by atoms with van der Waals surface area (Å²) in [4.78, 5) is 0. The first-order chi connectivity index (χ1) is 8.13. The van der Waals surface area contributed by atoms with Gasteiger partial charge in [-0.3, -0.25) is 0 Å². The van der Waals surface area contributed by atoms with Crippen molar-refractivity contribution in [3.63, 3.8) is 0 Å². The van der Waals surface area contributed by atoms with E-state index >= 15 is 0 Å². The molecule has 0 aromatic heterocycles. The van der Waals surface area contributed by atoms with E-state index in [9.17, 15) is 0 Å². The maximum atomic E-state index is 5.88. The minimum atomic E-state index is 0. The van der Waals surface area contributed by atoms with Crippen molar-refractivity contribution >= 4 is 48.2 Å². The Bertz CT molecular complexity index is 352. The summed E-state index contributed by atoms with van der Waals surface area (Å²) >= 11 is 15.8. The van der Waals surface area contributed by atoms with Gasteiger partial charge in [0.15, 0.2) is 0 Å². The number of rotatable bonds is 7. The number of benzene rings is 1.